The van der Waals surface area contributed by atoms with Crippen molar-refractivity contribution in [1.29, 1.82) is 0 Å². The first kappa shape index (κ1) is 15.3. The third-order valence-electron chi connectivity index (χ3n) is 3.53. The molecule has 0 saturated heterocycles. The molecule has 21 heavy (non-hydrogen) atoms. The molecule has 0 spiro atoms. The fourth-order valence-corrected chi connectivity index (χ4v) is 2.14. The molecule has 0 bridgehead atoms. The van der Waals surface area contributed by atoms with E-state index in [1.807, 2.05) is 23.9 Å². The van der Waals surface area contributed by atoms with E-state index >= 15 is 0 Å². The summed E-state index contributed by atoms with van der Waals surface area (Å²) in [5, 5.41) is 11.5. The number of carbonyl (C=O) groups excluding carboxylic acids is 1. The highest BCUT2D eigenvalue weighted by molar-refractivity contribution is 5.92. The van der Waals surface area contributed by atoms with Crippen molar-refractivity contribution in [3.05, 3.63) is 36.4 Å². The van der Waals surface area contributed by atoms with Gasteiger partial charge in [-0.25, -0.2) is 0 Å². The molecule has 2 heterocycles. The Labute approximate surface area is 125 Å². The van der Waals surface area contributed by atoms with Gasteiger partial charge in [-0.1, -0.05) is 20.8 Å². The van der Waals surface area contributed by atoms with Gasteiger partial charge in [0.25, 0.3) is 5.91 Å². The smallest absolute Gasteiger partial charge is 0.269 e. The van der Waals surface area contributed by atoms with Gasteiger partial charge in [-0.2, -0.15) is 10.2 Å². The topological polar surface area (TPSA) is 64.7 Å². The molecule has 0 fully saturated rings. The van der Waals surface area contributed by atoms with Gasteiger partial charge >= 0.3 is 0 Å². The van der Waals surface area contributed by atoms with E-state index < -0.39 is 0 Å². The molecule has 1 amide bonds. The van der Waals surface area contributed by atoms with E-state index in [0.29, 0.717) is 18.8 Å². The van der Waals surface area contributed by atoms with Crippen LogP contribution in [0.1, 0.15) is 38.2 Å². The van der Waals surface area contributed by atoms with Crippen molar-refractivity contribution >= 4 is 5.91 Å². The third-order valence-corrected chi connectivity index (χ3v) is 3.53. The van der Waals surface area contributed by atoms with Gasteiger partial charge in [0.1, 0.15) is 5.69 Å². The van der Waals surface area contributed by atoms with Gasteiger partial charge in [-0.3, -0.25) is 14.2 Å². The maximum atomic E-state index is 12.5. The zero-order chi connectivity index (χ0) is 15.5. The average Bonchev–Trinajstić information content (AvgIpc) is 3.07. The number of nitrogens with zero attached hydrogens (tertiary/aromatic N) is 4. The maximum Gasteiger partial charge on any atom is 0.269 e. The van der Waals surface area contributed by atoms with E-state index in [4.69, 9.17) is 0 Å². The van der Waals surface area contributed by atoms with Crippen LogP contribution in [0.2, 0.25) is 0 Å². The van der Waals surface area contributed by atoms with Crippen LogP contribution in [0.25, 0.3) is 0 Å². The van der Waals surface area contributed by atoms with E-state index in [1.165, 1.54) is 0 Å². The number of carbonyl (C=O) groups is 1. The van der Waals surface area contributed by atoms with Gasteiger partial charge in [0.2, 0.25) is 0 Å². The summed E-state index contributed by atoms with van der Waals surface area (Å²) in [5.74, 6) is -0.0959. The predicted octanol–water partition coefficient (Wildman–Crippen LogP) is 1.94. The van der Waals surface area contributed by atoms with Crippen LogP contribution >= 0.6 is 0 Å². The lowest BCUT2D eigenvalue weighted by Crippen LogP contribution is -2.47. The standard InChI is InChI=1S/C15H23N5O/c1-5-20-12(7-9-17-20)14(21)18-13(15(2,3)4)11-19-10-6-8-16-19/h6-10,13H,5,11H2,1-4H3,(H,18,21). The van der Waals surface area contributed by atoms with Crippen LogP contribution in [0.5, 0.6) is 0 Å². The highest BCUT2D eigenvalue weighted by Gasteiger charge is 2.28. The molecule has 2 aromatic heterocycles. The molecule has 1 atom stereocenters. The Balaban J connectivity index is 2.13. The molecule has 0 aromatic carbocycles. The average molecular weight is 289 g/mol. The molecule has 0 saturated carbocycles. The Morgan fingerprint density at radius 3 is 2.67 bits per heavy atom. The summed E-state index contributed by atoms with van der Waals surface area (Å²) < 4.78 is 3.54. The van der Waals surface area contributed by atoms with E-state index in [1.54, 1.807) is 23.1 Å². The van der Waals surface area contributed by atoms with Gasteiger partial charge in [0.15, 0.2) is 0 Å². The van der Waals surface area contributed by atoms with Crippen LogP contribution in [-0.4, -0.2) is 31.5 Å². The summed E-state index contributed by atoms with van der Waals surface area (Å²) in [6, 6.07) is 3.60. The van der Waals surface area contributed by atoms with Gasteiger partial charge in [-0.15, -0.1) is 0 Å². The first-order chi connectivity index (χ1) is 9.91. The third kappa shape index (κ3) is 3.71. The van der Waals surface area contributed by atoms with Crippen molar-refractivity contribution in [3.8, 4) is 0 Å². The minimum Gasteiger partial charge on any atom is -0.346 e. The number of amides is 1. The Morgan fingerprint density at radius 2 is 2.10 bits per heavy atom. The van der Waals surface area contributed by atoms with Crippen molar-refractivity contribution in [3.63, 3.8) is 0 Å². The van der Waals surface area contributed by atoms with Crippen molar-refractivity contribution in [2.24, 2.45) is 5.41 Å². The summed E-state index contributed by atoms with van der Waals surface area (Å²) >= 11 is 0. The number of hydrogen-bond donors (Lipinski definition) is 1. The summed E-state index contributed by atoms with van der Waals surface area (Å²) in [6.45, 7) is 9.61. The zero-order valence-corrected chi connectivity index (χ0v) is 13.1. The molecular weight excluding hydrogens is 266 g/mol. The monoisotopic (exact) mass is 289 g/mol. The summed E-state index contributed by atoms with van der Waals surface area (Å²) in [7, 11) is 0. The number of aromatic nitrogens is 4. The Hall–Kier alpha value is -2.11. The maximum absolute atomic E-state index is 12.5. The van der Waals surface area contributed by atoms with Gasteiger partial charge < -0.3 is 5.32 Å². The Morgan fingerprint density at radius 1 is 1.33 bits per heavy atom. The second kappa shape index (κ2) is 6.11. The molecule has 114 valence electrons. The van der Waals surface area contributed by atoms with Crippen LogP contribution < -0.4 is 5.32 Å². The van der Waals surface area contributed by atoms with E-state index in [0.717, 1.165) is 0 Å². The number of rotatable bonds is 5. The highest BCUT2D eigenvalue weighted by Crippen LogP contribution is 2.21. The van der Waals surface area contributed by atoms with Crippen molar-refractivity contribution in [2.45, 2.75) is 46.8 Å². The largest absolute Gasteiger partial charge is 0.346 e. The lowest BCUT2D eigenvalue weighted by Gasteiger charge is -2.31. The molecule has 0 radical (unpaired) electrons. The lowest BCUT2D eigenvalue weighted by atomic mass is 9.86. The molecule has 0 aliphatic rings. The molecule has 0 aliphatic carbocycles. The molecule has 1 N–H and O–H groups in total. The first-order valence-electron chi connectivity index (χ1n) is 7.22. The van der Waals surface area contributed by atoms with Crippen molar-refractivity contribution in [2.75, 3.05) is 0 Å². The molecule has 6 heteroatoms. The van der Waals surface area contributed by atoms with Crippen molar-refractivity contribution < 1.29 is 4.79 Å². The van der Waals surface area contributed by atoms with Crippen LogP contribution in [0.15, 0.2) is 30.7 Å². The summed E-state index contributed by atoms with van der Waals surface area (Å²) in [5.41, 5.74) is 0.519. The molecule has 6 nitrogen and oxygen atoms in total. The molecule has 2 rings (SSSR count). The Bertz CT molecular complexity index is 579. The van der Waals surface area contributed by atoms with Crippen molar-refractivity contribution in [1.82, 2.24) is 24.9 Å². The fraction of sp³-hybridized carbons (Fsp3) is 0.533. The lowest BCUT2D eigenvalue weighted by molar-refractivity contribution is 0.0879. The van der Waals surface area contributed by atoms with Crippen LogP contribution in [0.3, 0.4) is 0 Å². The normalized spacial score (nSPS) is 13.1. The molecule has 0 aliphatic heterocycles. The van der Waals surface area contributed by atoms with Crippen LogP contribution in [0.4, 0.5) is 0 Å². The zero-order valence-electron chi connectivity index (χ0n) is 13.1. The number of hydrogen-bond acceptors (Lipinski definition) is 3. The van der Waals surface area contributed by atoms with Crippen LogP contribution in [-0.2, 0) is 13.1 Å². The fourth-order valence-electron chi connectivity index (χ4n) is 2.14. The SMILES string of the molecule is CCn1nccc1C(=O)NC(Cn1cccn1)C(C)(C)C. The second-order valence-corrected chi connectivity index (χ2v) is 6.15. The second-order valence-electron chi connectivity index (χ2n) is 6.15. The highest BCUT2D eigenvalue weighted by atomic mass is 16.2. The minimum atomic E-state index is -0.0959. The molecular formula is C15H23N5O. The minimum absolute atomic E-state index is 0.0230. The number of aryl methyl sites for hydroxylation is 1. The van der Waals surface area contributed by atoms with Gasteiger partial charge in [0, 0.05) is 25.1 Å². The van der Waals surface area contributed by atoms with E-state index in [9.17, 15) is 4.79 Å². The molecule has 1 unspecified atom stereocenters. The van der Waals surface area contributed by atoms with E-state index in [-0.39, 0.29) is 17.4 Å². The number of nitrogens with one attached hydrogen (secondary N) is 1. The van der Waals surface area contributed by atoms with Crippen LogP contribution in [0, 0.1) is 5.41 Å². The predicted molar refractivity (Wildman–Crippen MR) is 80.8 cm³/mol. The quantitative estimate of drug-likeness (QED) is 0.915. The van der Waals surface area contributed by atoms with Gasteiger partial charge in [0.05, 0.1) is 12.6 Å². The summed E-state index contributed by atoms with van der Waals surface area (Å²) in [4.78, 5) is 12.5. The molecule has 2 aromatic rings. The summed E-state index contributed by atoms with van der Waals surface area (Å²) in [6.07, 6.45) is 5.30. The van der Waals surface area contributed by atoms with E-state index in [2.05, 4.69) is 36.3 Å². The Kier molecular flexibility index (Phi) is 4.45. The first-order valence-corrected chi connectivity index (χ1v) is 7.22. The van der Waals surface area contributed by atoms with Gasteiger partial charge in [-0.05, 0) is 24.5 Å².